The Bertz CT molecular complexity index is 1330. The summed E-state index contributed by atoms with van der Waals surface area (Å²) in [5.41, 5.74) is 0.286. The number of benzene rings is 3. The van der Waals surface area contributed by atoms with Crippen LogP contribution in [0.5, 0.6) is 34.5 Å². The Morgan fingerprint density at radius 1 is 0.854 bits per heavy atom. The van der Waals surface area contributed by atoms with Gasteiger partial charge in [0.25, 0.3) is 0 Å². The van der Waals surface area contributed by atoms with Crippen LogP contribution in [0.25, 0.3) is 0 Å². The summed E-state index contributed by atoms with van der Waals surface area (Å²) in [5, 5.41) is 62.4. The molecule has 3 aromatic rings. The molecule has 0 aromatic heterocycles. The van der Waals surface area contributed by atoms with Crippen LogP contribution in [0, 0.1) is 5.92 Å². The Morgan fingerprint density at radius 2 is 1.51 bits per heavy atom. The number of rotatable bonds is 12. The highest BCUT2D eigenvalue weighted by Crippen LogP contribution is 2.45. The van der Waals surface area contributed by atoms with Crippen molar-refractivity contribution in [2.24, 2.45) is 5.92 Å². The van der Waals surface area contributed by atoms with Crippen molar-refractivity contribution in [3.8, 4) is 34.5 Å². The second kappa shape index (κ2) is 12.8. The lowest BCUT2D eigenvalue weighted by Gasteiger charge is -2.30. The summed E-state index contributed by atoms with van der Waals surface area (Å²) in [6, 6.07) is 14.1. The summed E-state index contributed by atoms with van der Waals surface area (Å²) in [4.78, 5) is 0. The molecule has 11 heteroatoms. The molecule has 1 fully saturated rings. The molecular weight excluding hydrogens is 536 g/mol. The zero-order valence-corrected chi connectivity index (χ0v) is 23.1. The van der Waals surface area contributed by atoms with Gasteiger partial charge in [-0.15, -0.1) is 0 Å². The number of hydrogen-bond acceptors (Lipinski definition) is 11. The lowest BCUT2D eigenvalue weighted by atomic mass is 9.80. The molecule has 5 atom stereocenters. The van der Waals surface area contributed by atoms with E-state index >= 15 is 0 Å². The van der Waals surface area contributed by atoms with E-state index in [1.54, 1.807) is 30.3 Å². The average molecular weight is 573 g/mol. The fourth-order valence-electron chi connectivity index (χ4n) is 5.12. The molecule has 0 amide bonds. The van der Waals surface area contributed by atoms with Gasteiger partial charge in [0.05, 0.1) is 52.9 Å². The third-order valence-electron chi connectivity index (χ3n) is 7.39. The summed E-state index contributed by atoms with van der Waals surface area (Å²) >= 11 is 0. The van der Waals surface area contributed by atoms with E-state index in [4.69, 9.17) is 23.7 Å². The summed E-state index contributed by atoms with van der Waals surface area (Å²) in [7, 11) is 4.26. The average Bonchev–Trinajstić information content (AvgIpc) is 3.32. The topological polar surface area (TPSA) is 168 Å². The van der Waals surface area contributed by atoms with E-state index in [9.17, 15) is 30.6 Å². The first-order valence-corrected chi connectivity index (χ1v) is 13.0. The van der Waals surface area contributed by atoms with Crippen LogP contribution in [-0.2, 0) is 11.2 Å². The Morgan fingerprint density at radius 3 is 2.15 bits per heavy atom. The smallest absolute Gasteiger partial charge is 0.161 e. The van der Waals surface area contributed by atoms with Gasteiger partial charge < -0.3 is 54.3 Å². The highest BCUT2D eigenvalue weighted by Gasteiger charge is 2.49. The number of ether oxygens (including phenoxy) is 5. The lowest BCUT2D eigenvalue weighted by Crippen LogP contribution is -2.41. The van der Waals surface area contributed by atoms with Crippen LogP contribution in [0.3, 0.4) is 0 Å². The Hall–Kier alpha value is -3.74. The van der Waals surface area contributed by atoms with Crippen LogP contribution < -0.4 is 18.9 Å². The van der Waals surface area contributed by atoms with Gasteiger partial charge in [0.2, 0.25) is 0 Å². The van der Waals surface area contributed by atoms with E-state index in [0.29, 0.717) is 16.7 Å². The molecule has 222 valence electrons. The summed E-state index contributed by atoms with van der Waals surface area (Å²) in [6.45, 7) is -0.921. The molecule has 1 heterocycles. The number of hydrogen-bond donors (Lipinski definition) is 6. The van der Waals surface area contributed by atoms with Gasteiger partial charge in [-0.3, -0.25) is 0 Å². The molecular formula is C30H36O11. The molecule has 0 aliphatic carbocycles. The molecule has 41 heavy (non-hydrogen) atoms. The van der Waals surface area contributed by atoms with Crippen LogP contribution >= 0.6 is 0 Å². The minimum absolute atomic E-state index is 0.0179. The molecule has 0 saturated carbocycles. The maximum Gasteiger partial charge on any atom is 0.161 e. The van der Waals surface area contributed by atoms with E-state index in [1.165, 1.54) is 45.6 Å². The van der Waals surface area contributed by atoms with Gasteiger partial charge >= 0.3 is 0 Å². The van der Waals surface area contributed by atoms with E-state index in [0.717, 1.165) is 0 Å². The Balaban J connectivity index is 1.54. The molecule has 1 aliphatic heterocycles. The molecule has 0 unspecified atom stereocenters. The minimum atomic E-state index is -1.40. The van der Waals surface area contributed by atoms with E-state index in [1.807, 2.05) is 0 Å². The van der Waals surface area contributed by atoms with Crippen LogP contribution in [0.2, 0.25) is 0 Å². The molecule has 0 radical (unpaired) electrons. The predicted molar refractivity (Wildman–Crippen MR) is 147 cm³/mol. The number of aliphatic hydroxyl groups is 4. The fourth-order valence-corrected chi connectivity index (χ4v) is 5.12. The molecule has 0 bridgehead atoms. The van der Waals surface area contributed by atoms with Crippen molar-refractivity contribution in [1.29, 1.82) is 0 Å². The second-order valence-corrected chi connectivity index (χ2v) is 9.93. The molecule has 4 rings (SSSR count). The normalized spacial score (nSPS) is 21.7. The zero-order chi connectivity index (χ0) is 29.7. The molecule has 11 nitrogen and oxygen atoms in total. The predicted octanol–water partition coefficient (Wildman–Crippen LogP) is 2.25. The van der Waals surface area contributed by atoms with Crippen LogP contribution in [0.4, 0.5) is 0 Å². The zero-order valence-electron chi connectivity index (χ0n) is 23.1. The minimum Gasteiger partial charge on any atom is -0.504 e. The van der Waals surface area contributed by atoms with Gasteiger partial charge in [-0.1, -0.05) is 18.2 Å². The lowest BCUT2D eigenvalue weighted by molar-refractivity contribution is -0.0150. The van der Waals surface area contributed by atoms with Crippen LogP contribution in [0.15, 0.2) is 54.6 Å². The maximum atomic E-state index is 11.5. The second-order valence-electron chi connectivity index (χ2n) is 9.93. The third kappa shape index (κ3) is 6.29. The van der Waals surface area contributed by atoms with Crippen molar-refractivity contribution in [2.75, 3.05) is 41.2 Å². The first kappa shape index (κ1) is 30.2. The number of aliphatic hydroxyl groups excluding tert-OH is 3. The first-order valence-electron chi connectivity index (χ1n) is 13.0. The van der Waals surface area contributed by atoms with Gasteiger partial charge in [0, 0.05) is 12.3 Å². The highest BCUT2D eigenvalue weighted by molar-refractivity contribution is 5.46. The maximum absolute atomic E-state index is 11.5. The van der Waals surface area contributed by atoms with Crippen LogP contribution in [-0.4, -0.2) is 83.5 Å². The summed E-state index contributed by atoms with van der Waals surface area (Å²) in [6.07, 6.45) is -2.86. The summed E-state index contributed by atoms with van der Waals surface area (Å²) in [5.74, 6) is 0.177. The molecule has 1 saturated heterocycles. The SMILES string of the molecule is COc1cc(C[C@@]2(O)CO[C@H](c3ccc(O[C@H](CO)[C@H](O)c4ccc(O)c(OC)c4)c(OC)c3)[C@H]2CO)ccc1O. The van der Waals surface area contributed by atoms with Crippen molar-refractivity contribution >= 4 is 0 Å². The molecule has 6 N–H and O–H groups in total. The number of phenolic OH excluding ortho intramolecular Hbond substituents is 2. The largest absolute Gasteiger partial charge is 0.504 e. The van der Waals surface area contributed by atoms with Crippen molar-refractivity contribution in [1.82, 2.24) is 0 Å². The van der Waals surface area contributed by atoms with Crippen molar-refractivity contribution in [3.05, 3.63) is 71.3 Å². The standard InChI is InChI=1S/C30H36O11/c1-37-24-10-17(4-7-21(24)33)13-30(36)16-40-29(20(30)14-31)19-6-9-23(26(12-19)39-3)41-27(15-32)28(35)18-5-8-22(34)25(11-18)38-2/h4-12,20,27-29,31-36H,13-16H2,1-3H3/t20-,27-,28-,29-,30-/m1/s1. The van der Waals surface area contributed by atoms with Gasteiger partial charge in [-0.2, -0.15) is 0 Å². The number of methoxy groups -OCH3 is 3. The van der Waals surface area contributed by atoms with Gasteiger partial charge in [-0.25, -0.2) is 0 Å². The molecule has 3 aromatic carbocycles. The quantitative estimate of drug-likeness (QED) is 0.188. The highest BCUT2D eigenvalue weighted by atomic mass is 16.5. The van der Waals surface area contributed by atoms with Crippen molar-refractivity contribution in [2.45, 2.75) is 30.3 Å². The van der Waals surface area contributed by atoms with Crippen molar-refractivity contribution < 1.29 is 54.3 Å². The first-order chi connectivity index (χ1) is 19.7. The monoisotopic (exact) mass is 572 g/mol. The summed E-state index contributed by atoms with van der Waals surface area (Å²) < 4.78 is 27.7. The van der Waals surface area contributed by atoms with Gasteiger partial charge in [0.15, 0.2) is 40.6 Å². The van der Waals surface area contributed by atoms with Crippen LogP contribution in [0.1, 0.15) is 28.9 Å². The number of aromatic hydroxyl groups is 2. The Kier molecular flexibility index (Phi) is 9.46. The van der Waals surface area contributed by atoms with Gasteiger partial charge in [-0.05, 0) is 53.1 Å². The Labute approximate surface area is 237 Å². The number of phenols is 2. The molecule has 1 aliphatic rings. The third-order valence-corrected chi connectivity index (χ3v) is 7.39. The molecule has 0 spiro atoms. The fraction of sp³-hybridized carbons (Fsp3) is 0.400. The van der Waals surface area contributed by atoms with E-state index in [-0.39, 0.29) is 54.1 Å². The van der Waals surface area contributed by atoms with Gasteiger partial charge in [0.1, 0.15) is 6.10 Å². The van der Waals surface area contributed by atoms with E-state index in [2.05, 4.69) is 0 Å². The van der Waals surface area contributed by atoms with E-state index < -0.39 is 36.4 Å². The van der Waals surface area contributed by atoms with Crippen molar-refractivity contribution in [3.63, 3.8) is 0 Å².